The Morgan fingerprint density at radius 1 is 1.32 bits per heavy atom. The molecule has 6 nitrogen and oxygen atoms in total. The zero-order chi connectivity index (χ0) is 13.8. The van der Waals surface area contributed by atoms with Gasteiger partial charge in [-0.05, 0) is 29.7 Å². The zero-order valence-corrected chi connectivity index (χ0v) is 10.8. The van der Waals surface area contributed by atoms with E-state index < -0.39 is 6.09 Å². The minimum atomic E-state index is -0.855. The molecule has 0 aliphatic carbocycles. The normalized spacial score (nSPS) is 10.3. The molecule has 7 heteroatoms. The van der Waals surface area contributed by atoms with Gasteiger partial charge in [-0.15, -0.1) is 11.3 Å². The fourth-order valence-electron chi connectivity index (χ4n) is 1.58. The summed E-state index contributed by atoms with van der Waals surface area (Å²) >= 11 is 1.38. The van der Waals surface area contributed by atoms with E-state index in [1.807, 2.05) is 12.1 Å². The summed E-state index contributed by atoms with van der Waals surface area (Å²) in [5.74, 6) is -0.215. The summed E-state index contributed by atoms with van der Waals surface area (Å²) in [6.45, 7) is 0.275. The number of nitrogens with one attached hydrogen (secondary N) is 1. The lowest BCUT2D eigenvalue weighted by atomic mass is 10.2. The van der Waals surface area contributed by atoms with Crippen molar-refractivity contribution >= 4 is 39.1 Å². The van der Waals surface area contributed by atoms with Crippen LogP contribution in [0.3, 0.4) is 0 Å². The molecule has 0 atom stereocenters. The highest BCUT2D eigenvalue weighted by atomic mass is 32.1. The number of hydrogen-bond donors (Lipinski definition) is 3. The van der Waals surface area contributed by atoms with Crippen molar-refractivity contribution in [3.63, 3.8) is 0 Å². The van der Waals surface area contributed by atoms with Crippen molar-refractivity contribution in [2.45, 2.75) is 0 Å². The van der Waals surface area contributed by atoms with E-state index in [1.54, 1.807) is 12.1 Å². The van der Waals surface area contributed by atoms with E-state index in [0.29, 0.717) is 10.6 Å². The van der Waals surface area contributed by atoms with Gasteiger partial charge >= 0.3 is 6.09 Å². The van der Waals surface area contributed by atoms with Crippen LogP contribution in [0.15, 0.2) is 24.3 Å². The van der Waals surface area contributed by atoms with Gasteiger partial charge in [-0.2, -0.15) is 0 Å². The Bertz CT molecular complexity index is 624. The number of benzene rings is 1. The first kappa shape index (κ1) is 13.2. The number of hydrogen-bond acceptors (Lipinski definition) is 5. The fourth-order valence-corrected chi connectivity index (χ4v) is 2.54. The van der Waals surface area contributed by atoms with E-state index in [9.17, 15) is 9.59 Å². The van der Waals surface area contributed by atoms with Crippen molar-refractivity contribution in [1.29, 1.82) is 0 Å². The summed E-state index contributed by atoms with van der Waals surface area (Å²) < 4.78 is 5.51. The van der Waals surface area contributed by atoms with E-state index in [2.05, 4.69) is 10.1 Å². The number of carbonyl (C=O) groups excluding carboxylic acids is 2. The molecule has 0 saturated carbocycles. The topological polar surface area (TPSA) is 107 Å². The van der Waals surface area contributed by atoms with Gasteiger partial charge in [-0.3, -0.25) is 4.79 Å². The lowest BCUT2D eigenvalue weighted by Crippen LogP contribution is -2.28. The van der Waals surface area contributed by atoms with Gasteiger partial charge in [0, 0.05) is 10.4 Å². The van der Waals surface area contributed by atoms with Gasteiger partial charge in [0.2, 0.25) is 0 Å². The molecule has 0 aliphatic rings. The molecule has 100 valence electrons. The third kappa shape index (κ3) is 3.35. The highest BCUT2D eigenvalue weighted by molar-refractivity contribution is 7.20. The third-order valence-corrected chi connectivity index (χ3v) is 3.51. The van der Waals surface area contributed by atoms with E-state index in [0.717, 1.165) is 10.1 Å². The van der Waals surface area contributed by atoms with Gasteiger partial charge in [-0.1, -0.05) is 0 Å². The molecule has 2 amide bonds. The number of ether oxygens (including phenoxy) is 1. The molecule has 19 heavy (non-hydrogen) atoms. The number of carbonyl (C=O) groups is 2. The second-order valence-electron chi connectivity index (χ2n) is 3.83. The lowest BCUT2D eigenvalue weighted by Gasteiger charge is -2.02. The molecule has 0 aliphatic heterocycles. The predicted molar refractivity (Wildman–Crippen MR) is 74.1 cm³/mol. The standard InChI is InChI=1S/C12H13N3O3S/c13-8-1-2-9-7(5-8)6-10(19-9)11(16)15-3-4-18-12(14)17/h1-2,5-6H,3-4,13H2,(H2,14,17)(H,15,16). The van der Waals surface area contributed by atoms with E-state index in [-0.39, 0.29) is 19.1 Å². The van der Waals surface area contributed by atoms with E-state index >= 15 is 0 Å². The van der Waals surface area contributed by atoms with Gasteiger partial charge in [0.15, 0.2) is 0 Å². The molecule has 1 heterocycles. The number of nitrogen functional groups attached to an aromatic ring is 1. The molecule has 1 aromatic carbocycles. The molecule has 0 saturated heterocycles. The Labute approximate surface area is 113 Å². The smallest absolute Gasteiger partial charge is 0.404 e. The van der Waals surface area contributed by atoms with Crippen LogP contribution < -0.4 is 16.8 Å². The molecule has 0 radical (unpaired) electrons. The molecular formula is C12H13N3O3S. The maximum absolute atomic E-state index is 11.8. The molecule has 2 aromatic rings. The van der Waals surface area contributed by atoms with Crippen LogP contribution in [0.4, 0.5) is 10.5 Å². The highest BCUT2D eigenvalue weighted by Crippen LogP contribution is 2.27. The van der Waals surface area contributed by atoms with Gasteiger partial charge in [0.1, 0.15) is 6.61 Å². The highest BCUT2D eigenvalue weighted by Gasteiger charge is 2.10. The monoisotopic (exact) mass is 279 g/mol. The quantitative estimate of drug-likeness (QED) is 0.579. The average molecular weight is 279 g/mol. The first-order valence-corrected chi connectivity index (χ1v) is 6.37. The van der Waals surface area contributed by atoms with Crippen LogP contribution >= 0.6 is 11.3 Å². The molecule has 1 aromatic heterocycles. The molecule has 0 bridgehead atoms. The number of fused-ring (bicyclic) bond motifs is 1. The minimum absolute atomic E-state index is 0.0545. The third-order valence-electron chi connectivity index (χ3n) is 2.40. The van der Waals surface area contributed by atoms with Crippen molar-refractivity contribution in [3.8, 4) is 0 Å². The van der Waals surface area contributed by atoms with Gasteiger partial charge in [0.05, 0.1) is 11.4 Å². The second kappa shape index (κ2) is 5.57. The Kier molecular flexibility index (Phi) is 3.86. The summed E-state index contributed by atoms with van der Waals surface area (Å²) in [5, 5.41) is 3.57. The minimum Gasteiger partial charge on any atom is -0.448 e. The summed E-state index contributed by atoms with van der Waals surface area (Å²) in [6, 6.07) is 7.27. The predicted octanol–water partition coefficient (Wildman–Crippen LogP) is 1.31. The van der Waals surface area contributed by atoms with Crippen LogP contribution in [0.2, 0.25) is 0 Å². The molecule has 5 N–H and O–H groups in total. The first-order chi connectivity index (χ1) is 9.06. The summed E-state index contributed by atoms with van der Waals surface area (Å²) in [4.78, 5) is 22.8. The fraction of sp³-hybridized carbons (Fsp3) is 0.167. The van der Waals surface area contributed by atoms with E-state index in [1.165, 1.54) is 11.3 Å². The number of amides is 2. The lowest BCUT2D eigenvalue weighted by molar-refractivity contribution is 0.0941. The van der Waals surface area contributed by atoms with Crippen LogP contribution in [0.25, 0.3) is 10.1 Å². The molecule has 0 unspecified atom stereocenters. The van der Waals surface area contributed by atoms with Crippen molar-refractivity contribution in [2.24, 2.45) is 5.73 Å². The molecule has 2 rings (SSSR count). The Morgan fingerprint density at radius 2 is 2.11 bits per heavy atom. The van der Waals surface area contributed by atoms with Crippen LogP contribution in [0.1, 0.15) is 9.67 Å². The van der Waals surface area contributed by atoms with Crippen molar-refractivity contribution < 1.29 is 14.3 Å². The van der Waals surface area contributed by atoms with Crippen LogP contribution in [-0.2, 0) is 4.74 Å². The molecule has 0 spiro atoms. The average Bonchev–Trinajstić information content (AvgIpc) is 2.77. The van der Waals surface area contributed by atoms with Gasteiger partial charge in [-0.25, -0.2) is 4.79 Å². The number of rotatable bonds is 4. The number of primary amides is 1. The Hall–Kier alpha value is -2.28. The number of anilines is 1. The SMILES string of the molecule is NC(=O)OCCNC(=O)c1cc2cc(N)ccc2s1. The van der Waals surface area contributed by atoms with Crippen LogP contribution in [0, 0.1) is 0 Å². The maximum atomic E-state index is 11.8. The van der Waals surface area contributed by atoms with Gasteiger partial charge < -0.3 is 21.5 Å². The molecular weight excluding hydrogens is 266 g/mol. The zero-order valence-electron chi connectivity index (χ0n) is 10.0. The second-order valence-corrected chi connectivity index (χ2v) is 4.92. The first-order valence-electron chi connectivity index (χ1n) is 5.56. The maximum Gasteiger partial charge on any atom is 0.404 e. The largest absolute Gasteiger partial charge is 0.448 e. The number of thiophene rings is 1. The number of nitrogens with two attached hydrogens (primary N) is 2. The van der Waals surface area contributed by atoms with Crippen molar-refractivity contribution in [1.82, 2.24) is 5.32 Å². The van der Waals surface area contributed by atoms with Crippen molar-refractivity contribution in [3.05, 3.63) is 29.1 Å². The Morgan fingerprint density at radius 3 is 2.84 bits per heavy atom. The van der Waals surface area contributed by atoms with Crippen LogP contribution in [-0.4, -0.2) is 25.2 Å². The molecule has 0 fully saturated rings. The Balaban J connectivity index is 1.99. The van der Waals surface area contributed by atoms with Gasteiger partial charge in [0.25, 0.3) is 5.91 Å². The summed E-state index contributed by atoms with van der Waals surface area (Å²) in [7, 11) is 0. The van der Waals surface area contributed by atoms with E-state index in [4.69, 9.17) is 11.5 Å². The van der Waals surface area contributed by atoms with Crippen molar-refractivity contribution in [2.75, 3.05) is 18.9 Å². The summed E-state index contributed by atoms with van der Waals surface area (Å²) in [6.07, 6.45) is -0.855. The van der Waals surface area contributed by atoms with Crippen LogP contribution in [0.5, 0.6) is 0 Å². The summed E-state index contributed by atoms with van der Waals surface area (Å²) in [5.41, 5.74) is 11.1.